The van der Waals surface area contributed by atoms with Crippen molar-refractivity contribution in [2.24, 2.45) is 5.84 Å². The molecule has 0 heterocycles. The van der Waals surface area contributed by atoms with E-state index < -0.39 is 12.1 Å². The number of rotatable bonds is 2. The van der Waals surface area contributed by atoms with Gasteiger partial charge in [-0.25, -0.2) is 20.3 Å². The summed E-state index contributed by atoms with van der Waals surface area (Å²) in [7, 11) is 1.27. The first kappa shape index (κ1) is 12.0. The number of carbonyl (C=O) groups is 2. The number of hydrogen-bond acceptors (Lipinski definition) is 4. The van der Waals surface area contributed by atoms with Gasteiger partial charge in [0.05, 0.1) is 0 Å². The third kappa shape index (κ3) is 3.25. The summed E-state index contributed by atoms with van der Waals surface area (Å²) in [5.74, 6) is 4.87. The molecule has 3 amide bonds. The van der Waals surface area contributed by atoms with Crippen LogP contribution in [0.4, 0.5) is 9.59 Å². The molecular formula is C10H13N3O3. The Hall–Kier alpha value is -2.08. The minimum Gasteiger partial charge on any atom is -0.444 e. The number of carbonyl (C=O) groups excluding carboxylic acids is 2. The molecule has 0 atom stereocenters. The van der Waals surface area contributed by atoms with Crippen molar-refractivity contribution in [2.75, 3.05) is 7.05 Å². The Morgan fingerprint density at radius 2 is 2.00 bits per heavy atom. The number of nitrogens with one attached hydrogen (secondary N) is 1. The molecule has 0 saturated heterocycles. The number of nitrogens with two attached hydrogens (primary N) is 1. The molecule has 0 aliphatic heterocycles. The van der Waals surface area contributed by atoms with Crippen LogP contribution in [0, 0.1) is 0 Å². The van der Waals surface area contributed by atoms with Gasteiger partial charge in [0.1, 0.15) is 6.61 Å². The first-order chi connectivity index (χ1) is 7.65. The standard InChI is InChI=1S/C10H13N3O3/c1-13(9(14)12-11)10(15)16-7-8-5-3-2-4-6-8/h2-6H,7,11H2,1H3,(H,12,14). The maximum absolute atomic E-state index is 11.3. The number of amides is 3. The molecular weight excluding hydrogens is 210 g/mol. The van der Waals surface area contributed by atoms with E-state index in [0.29, 0.717) is 0 Å². The molecule has 0 aliphatic carbocycles. The summed E-state index contributed by atoms with van der Waals surface area (Å²) < 4.78 is 4.88. The van der Waals surface area contributed by atoms with Crippen molar-refractivity contribution >= 4 is 12.1 Å². The normalized spacial score (nSPS) is 9.38. The van der Waals surface area contributed by atoms with Crippen LogP contribution in [0.25, 0.3) is 0 Å². The average molecular weight is 223 g/mol. The summed E-state index contributed by atoms with van der Waals surface area (Å²) in [6, 6.07) is 8.43. The highest BCUT2D eigenvalue weighted by atomic mass is 16.6. The first-order valence-electron chi connectivity index (χ1n) is 4.60. The molecule has 1 rings (SSSR count). The molecule has 3 N–H and O–H groups in total. The van der Waals surface area contributed by atoms with Crippen molar-refractivity contribution in [2.45, 2.75) is 6.61 Å². The number of imide groups is 1. The lowest BCUT2D eigenvalue weighted by Gasteiger charge is -2.14. The maximum Gasteiger partial charge on any atom is 0.418 e. The first-order valence-corrected chi connectivity index (χ1v) is 4.60. The van der Waals surface area contributed by atoms with Crippen LogP contribution in [0.3, 0.4) is 0 Å². The highest BCUT2D eigenvalue weighted by molar-refractivity contribution is 5.90. The summed E-state index contributed by atoms with van der Waals surface area (Å²) in [4.78, 5) is 23.0. The molecule has 0 fully saturated rings. The van der Waals surface area contributed by atoms with E-state index >= 15 is 0 Å². The quantitative estimate of drug-likeness (QED) is 0.442. The van der Waals surface area contributed by atoms with Crippen LogP contribution in [-0.4, -0.2) is 24.1 Å². The monoisotopic (exact) mass is 223 g/mol. The number of hydrazine groups is 1. The summed E-state index contributed by atoms with van der Waals surface area (Å²) in [6.07, 6.45) is -0.758. The van der Waals surface area contributed by atoms with Gasteiger partial charge in [0.25, 0.3) is 0 Å². The number of benzene rings is 1. The summed E-state index contributed by atoms with van der Waals surface area (Å²) in [6.45, 7) is 0.113. The lowest BCUT2D eigenvalue weighted by molar-refractivity contribution is 0.110. The number of urea groups is 1. The molecule has 0 radical (unpaired) electrons. The summed E-state index contributed by atoms with van der Waals surface area (Å²) in [5.41, 5.74) is 2.67. The molecule has 1 aromatic carbocycles. The second kappa shape index (κ2) is 5.72. The Morgan fingerprint density at radius 3 is 2.56 bits per heavy atom. The summed E-state index contributed by atoms with van der Waals surface area (Å²) in [5, 5.41) is 0. The van der Waals surface area contributed by atoms with Gasteiger partial charge >= 0.3 is 12.1 Å². The molecule has 0 spiro atoms. The van der Waals surface area contributed by atoms with Crippen LogP contribution in [-0.2, 0) is 11.3 Å². The number of hydrogen-bond donors (Lipinski definition) is 2. The third-order valence-electron chi connectivity index (χ3n) is 1.91. The third-order valence-corrected chi connectivity index (χ3v) is 1.91. The van der Waals surface area contributed by atoms with Crippen molar-refractivity contribution in [3.8, 4) is 0 Å². The Kier molecular flexibility index (Phi) is 4.28. The van der Waals surface area contributed by atoms with Gasteiger partial charge in [0.15, 0.2) is 0 Å². The van der Waals surface area contributed by atoms with Crippen molar-refractivity contribution in [3.63, 3.8) is 0 Å². The molecule has 0 unspecified atom stereocenters. The van der Waals surface area contributed by atoms with Crippen molar-refractivity contribution in [1.82, 2.24) is 10.3 Å². The van der Waals surface area contributed by atoms with Gasteiger partial charge in [-0.15, -0.1) is 0 Å². The lowest BCUT2D eigenvalue weighted by Crippen LogP contribution is -2.44. The smallest absolute Gasteiger partial charge is 0.418 e. The zero-order valence-electron chi connectivity index (χ0n) is 8.84. The SMILES string of the molecule is CN(C(=O)NN)C(=O)OCc1ccccc1. The fourth-order valence-electron chi connectivity index (χ4n) is 0.996. The van der Waals surface area contributed by atoms with Crippen molar-refractivity contribution in [1.29, 1.82) is 0 Å². The van der Waals surface area contributed by atoms with E-state index in [2.05, 4.69) is 0 Å². The number of nitrogens with zero attached hydrogens (tertiary/aromatic N) is 1. The van der Waals surface area contributed by atoms with E-state index in [1.807, 2.05) is 35.8 Å². The Balaban J connectivity index is 2.44. The van der Waals surface area contributed by atoms with Gasteiger partial charge in [-0.05, 0) is 5.56 Å². The molecule has 86 valence electrons. The molecule has 0 aromatic heterocycles. The second-order valence-corrected chi connectivity index (χ2v) is 3.05. The molecule has 1 aromatic rings. The van der Waals surface area contributed by atoms with Crippen LogP contribution in [0.15, 0.2) is 30.3 Å². The average Bonchev–Trinajstić information content (AvgIpc) is 2.35. The Bertz CT molecular complexity index is 367. The molecule has 6 nitrogen and oxygen atoms in total. The number of ether oxygens (including phenoxy) is 1. The van der Waals surface area contributed by atoms with Crippen LogP contribution in [0.1, 0.15) is 5.56 Å². The largest absolute Gasteiger partial charge is 0.444 e. The lowest BCUT2D eigenvalue weighted by atomic mass is 10.2. The highest BCUT2D eigenvalue weighted by Gasteiger charge is 2.16. The van der Waals surface area contributed by atoms with Crippen LogP contribution in [0.2, 0.25) is 0 Å². The van der Waals surface area contributed by atoms with Crippen molar-refractivity contribution in [3.05, 3.63) is 35.9 Å². The Morgan fingerprint density at radius 1 is 1.38 bits per heavy atom. The van der Waals surface area contributed by atoms with Gasteiger partial charge in [-0.2, -0.15) is 0 Å². The second-order valence-electron chi connectivity index (χ2n) is 3.05. The van der Waals surface area contributed by atoms with Crippen LogP contribution >= 0.6 is 0 Å². The van der Waals surface area contributed by atoms with Gasteiger partial charge in [-0.3, -0.25) is 5.43 Å². The minimum absolute atomic E-state index is 0.113. The minimum atomic E-state index is -0.758. The zero-order chi connectivity index (χ0) is 12.0. The molecule has 0 aliphatic rings. The predicted octanol–water partition coefficient (Wildman–Crippen LogP) is 0.838. The van der Waals surface area contributed by atoms with E-state index in [9.17, 15) is 9.59 Å². The van der Waals surface area contributed by atoms with E-state index in [-0.39, 0.29) is 6.61 Å². The van der Waals surface area contributed by atoms with Gasteiger partial charge in [-0.1, -0.05) is 30.3 Å². The van der Waals surface area contributed by atoms with Gasteiger partial charge in [0, 0.05) is 7.05 Å². The van der Waals surface area contributed by atoms with E-state index in [1.165, 1.54) is 7.05 Å². The van der Waals surface area contributed by atoms with Crippen LogP contribution < -0.4 is 11.3 Å². The maximum atomic E-state index is 11.3. The Labute approximate surface area is 92.9 Å². The predicted molar refractivity (Wildman–Crippen MR) is 57.1 cm³/mol. The van der Waals surface area contributed by atoms with Gasteiger partial charge in [0.2, 0.25) is 0 Å². The molecule has 0 bridgehead atoms. The summed E-state index contributed by atoms with van der Waals surface area (Å²) >= 11 is 0. The van der Waals surface area contributed by atoms with E-state index in [0.717, 1.165) is 10.5 Å². The fourth-order valence-corrected chi connectivity index (χ4v) is 0.996. The van der Waals surface area contributed by atoms with Gasteiger partial charge < -0.3 is 4.74 Å². The molecule has 6 heteroatoms. The highest BCUT2D eigenvalue weighted by Crippen LogP contribution is 2.02. The van der Waals surface area contributed by atoms with Crippen molar-refractivity contribution < 1.29 is 14.3 Å². The van der Waals surface area contributed by atoms with Crippen LogP contribution in [0.5, 0.6) is 0 Å². The fraction of sp³-hybridized carbons (Fsp3) is 0.200. The van der Waals surface area contributed by atoms with E-state index in [1.54, 1.807) is 0 Å². The molecule has 0 saturated carbocycles. The zero-order valence-corrected chi connectivity index (χ0v) is 8.84. The molecule has 16 heavy (non-hydrogen) atoms. The van der Waals surface area contributed by atoms with E-state index in [4.69, 9.17) is 10.6 Å². The topological polar surface area (TPSA) is 84.7 Å².